The minimum Gasteiger partial charge on any atom is -0.347 e. The molecule has 1 aliphatic rings. The van der Waals surface area contributed by atoms with Gasteiger partial charge in [0.2, 0.25) is 12.3 Å². The molecule has 1 fully saturated rings. The maximum Gasteiger partial charge on any atom is 0.231 e. The van der Waals surface area contributed by atoms with Crippen LogP contribution in [-0.4, -0.2) is 33.8 Å². The fraction of sp³-hybridized carbons (Fsp3) is 0.278. The minimum absolute atomic E-state index is 0.224. The number of aromatic nitrogens is 4. The Morgan fingerprint density at radius 1 is 1.26 bits per heavy atom. The third-order valence-corrected chi connectivity index (χ3v) is 4.99. The highest BCUT2D eigenvalue weighted by Crippen LogP contribution is 2.47. The summed E-state index contributed by atoms with van der Waals surface area (Å²) in [5.41, 5.74) is 0.874. The average Bonchev–Trinajstić information content (AvgIpc) is 3.11. The Morgan fingerprint density at radius 2 is 2.11 bits per heavy atom. The predicted octanol–water partition coefficient (Wildman–Crippen LogP) is 2.75. The zero-order chi connectivity index (χ0) is 18.9. The lowest BCUT2D eigenvalue weighted by Gasteiger charge is -2.48. The van der Waals surface area contributed by atoms with Gasteiger partial charge in [-0.05, 0) is 43.5 Å². The third-order valence-electron chi connectivity index (χ3n) is 4.99. The Hall–Kier alpha value is -3.36. The molecule has 1 amide bonds. The van der Waals surface area contributed by atoms with Gasteiger partial charge in [-0.25, -0.2) is 4.39 Å². The first-order valence-corrected chi connectivity index (χ1v) is 8.50. The van der Waals surface area contributed by atoms with Gasteiger partial charge in [0.05, 0.1) is 5.54 Å². The Kier molecular flexibility index (Phi) is 4.27. The van der Waals surface area contributed by atoms with Crippen LogP contribution in [0.25, 0.3) is 11.4 Å². The van der Waals surface area contributed by atoms with Gasteiger partial charge in [0.25, 0.3) is 0 Å². The van der Waals surface area contributed by atoms with E-state index in [9.17, 15) is 9.18 Å². The van der Waals surface area contributed by atoms with Crippen molar-refractivity contribution in [3.05, 3.63) is 48.0 Å². The van der Waals surface area contributed by atoms with Crippen molar-refractivity contribution in [2.45, 2.75) is 24.8 Å². The molecule has 138 valence electrons. The van der Waals surface area contributed by atoms with Gasteiger partial charge in [0.1, 0.15) is 22.9 Å². The number of anilines is 2. The third kappa shape index (κ3) is 2.90. The number of nitrogens with zero attached hydrogens (tertiary/aromatic N) is 5. The molecular formula is C18H17FN6O2. The Labute approximate surface area is 154 Å². The maximum atomic E-state index is 14.4. The molecule has 0 saturated heterocycles. The van der Waals surface area contributed by atoms with Crippen LogP contribution in [-0.2, 0) is 10.3 Å². The number of carbonyl (C=O) groups is 1. The Bertz CT molecular complexity index is 954. The monoisotopic (exact) mass is 368 g/mol. The molecule has 3 aromatic heterocycles. The number of hydrogen-bond donors (Lipinski definition) is 1. The first-order valence-electron chi connectivity index (χ1n) is 8.50. The average molecular weight is 368 g/mol. The molecule has 8 nitrogen and oxygen atoms in total. The maximum absolute atomic E-state index is 14.4. The highest BCUT2D eigenvalue weighted by Gasteiger charge is 2.46. The number of rotatable bonds is 6. The molecule has 9 heteroatoms. The number of carbonyl (C=O) groups excluding carboxylic acids is 1. The van der Waals surface area contributed by atoms with Crippen molar-refractivity contribution in [3.63, 3.8) is 0 Å². The van der Waals surface area contributed by atoms with E-state index in [1.807, 2.05) is 11.9 Å². The molecule has 1 N–H and O–H groups in total. The van der Waals surface area contributed by atoms with Gasteiger partial charge < -0.3 is 9.42 Å². The summed E-state index contributed by atoms with van der Waals surface area (Å²) >= 11 is 0. The molecule has 0 unspecified atom stereocenters. The highest BCUT2D eigenvalue weighted by atomic mass is 19.1. The minimum atomic E-state index is -0.517. The van der Waals surface area contributed by atoms with Crippen molar-refractivity contribution >= 4 is 18.1 Å². The summed E-state index contributed by atoms with van der Waals surface area (Å²) < 4.78 is 19.3. The molecule has 27 heavy (non-hydrogen) atoms. The molecule has 0 bridgehead atoms. The predicted molar refractivity (Wildman–Crippen MR) is 95.3 cm³/mol. The van der Waals surface area contributed by atoms with Crippen molar-refractivity contribution in [1.82, 2.24) is 20.3 Å². The van der Waals surface area contributed by atoms with Crippen LogP contribution in [0.5, 0.6) is 0 Å². The number of pyridine rings is 1. The molecular weight excluding hydrogens is 351 g/mol. The van der Waals surface area contributed by atoms with Crippen LogP contribution in [0.1, 0.15) is 25.0 Å². The normalized spacial score (nSPS) is 15.0. The fourth-order valence-corrected chi connectivity index (χ4v) is 3.35. The van der Waals surface area contributed by atoms with E-state index in [1.165, 1.54) is 6.07 Å². The van der Waals surface area contributed by atoms with Gasteiger partial charge in [-0.15, -0.1) is 10.2 Å². The number of amides is 1. The molecule has 0 atom stereocenters. The quantitative estimate of drug-likeness (QED) is 0.668. The first-order chi connectivity index (χ1) is 13.1. The van der Waals surface area contributed by atoms with Crippen LogP contribution < -0.4 is 10.2 Å². The van der Waals surface area contributed by atoms with Crippen LogP contribution in [0.4, 0.5) is 16.1 Å². The second-order valence-electron chi connectivity index (χ2n) is 6.39. The lowest BCUT2D eigenvalue weighted by Crippen LogP contribution is -2.51. The largest absolute Gasteiger partial charge is 0.347 e. The van der Waals surface area contributed by atoms with Crippen molar-refractivity contribution in [3.8, 4) is 11.4 Å². The SMILES string of the molecule is CN(c1ccc(-c2cc(NC=O)on2)nn1)C1(c2ncccc2F)CCC1. The van der Waals surface area contributed by atoms with E-state index >= 15 is 0 Å². The number of hydrogen-bond acceptors (Lipinski definition) is 7. The second-order valence-corrected chi connectivity index (χ2v) is 6.39. The second kappa shape index (κ2) is 6.75. The molecule has 0 spiro atoms. The van der Waals surface area contributed by atoms with Crippen molar-refractivity contribution in [2.75, 3.05) is 17.3 Å². The number of halogens is 1. The van der Waals surface area contributed by atoms with Crippen molar-refractivity contribution < 1.29 is 13.7 Å². The summed E-state index contributed by atoms with van der Waals surface area (Å²) in [5.74, 6) is 0.520. The van der Waals surface area contributed by atoms with E-state index in [2.05, 4.69) is 25.7 Å². The lowest BCUT2D eigenvalue weighted by molar-refractivity contribution is -0.105. The van der Waals surface area contributed by atoms with Crippen LogP contribution in [0, 0.1) is 5.82 Å². The Morgan fingerprint density at radius 3 is 2.74 bits per heavy atom. The van der Waals surface area contributed by atoms with Crippen molar-refractivity contribution in [2.24, 2.45) is 0 Å². The van der Waals surface area contributed by atoms with Gasteiger partial charge >= 0.3 is 0 Å². The van der Waals surface area contributed by atoms with Crippen LogP contribution >= 0.6 is 0 Å². The molecule has 0 aromatic carbocycles. The molecule has 0 radical (unpaired) electrons. The zero-order valence-electron chi connectivity index (χ0n) is 14.6. The smallest absolute Gasteiger partial charge is 0.231 e. The standard InChI is InChI=1S/C18H17FN6O2/c1-25(18(7-3-8-18)17-12(19)4-2-9-20-17)15-6-5-13(22-23-15)14-10-16(21-11-26)27-24-14/h2,4-6,9-11H,3,7-8H2,1H3,(H,21,26). The lowest BCUT2D eigenvalue weighted by atomic mass is 9.72. The topological polar surface area (TPSA) is 97.0 Å². The molecule has 3 heterocycles. The highest BCUT2D eigenvalue weighted by molar-refractivity contribution is 5.70. The summed E-state index contributed by atoms with van der Waals surface area (Å²) in [6.07, 6.45) is 4.70. The van der Waals surface area contributed by atoms with Crippen molar-refractivity contribution in [1.29, 1.82) is 0 Å². The molecule has 0 aliphatic heterocycles. The summed E-state index contributed by atoms with van der Waals surface area (Å²) in [6, 6.07) is 8.12. The van der Waals surface area contributed by atoms with Gasteiger partial charge in [0.15, 0.2) is 5.82 Å². The van der Waals surface area contributed by atoms with Crippen LogP contribution in [0.2, 0.25) is 0 Å². The van der Waals surface area contributed by atoms with E-state index in [0.29, 0.717) is 29.3 Å². The molecule has 4 rings (SSSR count). The number of nitrogens with one attached hydrogen (secondary N) is 1. The summed E-state index contributed by atoms with van der Waals surface area (Å²) in [7, 11) is 1.87. The van der Waals surface area contributed by atoms with E-state index in [4.69, 9.17) is 4.52 Å². The summed E-state index contributed by atoms with van der Waals surface area (Å²) in [4.78, 5) is 16.7. The molecule has 1 aliphatic carbocycles. The Balaban J connectivity index is 1.61. The van der Waals surface area contributed by atoms with Gasteiger partial charge in [0, 0.05) is 19.3 Å². The van der Waals surface area contributed by atoms with E-state index in [-0.39, 0.29) is 11.7 Å². The molecule has 1 saturated carbocycles. The van der Waals surface area contributed by atoms with E-state index < -0.39 is 5.54 Å². The summed E-state index contributed by atoms with van der Waals surface area (Å²) in [6.45, 7) is 0. The molecule has 3 aromatic rings. The van der Waals surface area contributed by atoms with Gasteiger partial charge in [-0.2, -0.15) is 0 Å². The zero-order valence-corrected chi connectivity index (χ0v) is 14.6. The van der Waals surface area contributed by atoms with Gasteiger partial charge in [-0.1, -0.05) is 5.16 Å². The first kappa shape index (κ1) is 17.1. The van der Waals surface area contributed by atoms with Gasteiger partial charge in [-0.3, -0.25) is 15.1 Å². The fourth-order valence-electron chi connectivity index (χ4n) is 3.35. The van der Waals surface area contributed by atoms with E-state index in [1.54, 1.807) is 30.5 Å². The van der Waals surface area contributed by atoms with Crippen LogP contribution in [0.15, 0.2) is 41.1 Å². The van der Waals surface area contributed by atoms with Crippen LogP contribution in [0.3, 0.4) is 0 Å². The van der Waals surface area contributed by atoms with E-state index in [0.717, 1.165) is 19.3 Å². The summed E-state index contributed by atoms with van der Waals surface area (Å²) in [5, 5.41) is 14.7.